The van der Waals surface area contributed by atoms with Gasteiger partial charge >= 0.3 is 0 Å². The van der Waals surface area contributed by atoms with Crippen molar-refractivity contribution < 1.29 is 13.9 Å². The molecule has 2 fully saturated rings. The van der Waals surface area contributed by atoms with E-state index in [-0.39, 0.29) is 12.0 Å². The summed E-state index contributed by atoms with van der Waals surface area (Å²) in [6.07, 6.45) is 3.56. The first kappa shape index (κ1) is 17.3. The number of ether oxygens (including phenoxy) is 1. The molecule has 26 heavy (non-hydrogen) atoms. The van der Waals surface area contributed by atoms with Crippen molar-refractivity contribution in [3.8, 4) is 0 Å². The third-order valence-corrected chi connectivity index (χ3v) is 5.45. The van der Waals surface area contributed by atoms with Crippen molar-refractivity contribution in [1.82, 2.24) is 9.80 Å². The van der Waals surface area contributed by atoms with Gasteiger partial charge in [0.1, 0.15) is 11.9 Å². The van der Waals surface area contributed by atoms with E-state index in [0.717, 1.165) is 43.8 Å². The van der Waals surface area contributed by atoms with Crippen LogP contribution in [0.25, 0.3) is 0 Å². The van der Waals surface area contributed by atoms with E-state index >= 15 is 0 Å². The number of nitrogens with zero attached hydrogens (tertiary/aromatic N) is 2. The Morgan fingerprint density at radius 1 is 1.04 bits per heavy atom. The van der Waals surface area contributed by atoms with Crippen LogP contribution in [-0.4, -0.2) is 48.5 Å². The van der Waals surface area contributed by atoms with Crippen molar-refractivity contribution in [2.24, 2.45) is 5.92 Å². The third-order valence-electron chi connectivity index (χ3n) is 5.45. The van der Waals surface area contributed by atoms with Gasteiger partial charge in [0.15, 0.2) is 0 Å². The van der Waals surface area contributed by atoms with Gasteiger partial charge < -0.3 is 14.1 Å². The standard InChI is InChI=1S/C21H26N2O3/c24-21(18-8-10-22(11-9-18)15-19-7-4-13-25-19)23-12-14-26-20(16-23)17-5-2-1-3-6-17/h1-7,13,18,20H,8-12,14-16H2/t20-/m0/s1. The fourth-order valence-electron chi connectivity index (χ4n) is 3.94. The van der Waals surface area contributed by atoms with E-state index in [1.807, 2.05) is 35.2 Å². The largest absolute Gasteiger partial charge is 0.468 e. The predicted octanol–water partition coefficient (Wildman–Crippen LogP) is 3.09. The van der Waals surface area contributed by atoms with Crippen molar-refractivity contribution in [3.63, 3.8) is 0 Å². The Hall–Kier alpha value is -2.11. The predicted molar refractivity (Wildman–Crippen MR) is 98.4 cm³/mol. The highest BCUT2D eigenvalue weighted by molar-refractivity contribution is 5.79. The van der Waals surface area contributed by atoms with E-state index in [9.17, 15) is 4.79 Å². The first-order chi connectivity index (χ1) is 12.8. The number of hydrogen-bond donors (Lipinski definition) is 0. The zero-order valence-corrected chi connectivity index (χ0v) is 15.0. The highest BCUT2D eigenvalue weighted by Crippen LogP contribution is 2.26. The maximum atomic E-state index is 13.0. The van der Waals surface area contributed by atoms with Gasteiger partial charge in [0.05, 0.1) is 26.0 Å². The Labute approximate surface area is 154 Å². The molecule has 138 valence electrons. The smallest absolute Gasteiger partial charge is 0.225 e. The summed E-state index contributed by atoms with van der Waals surface area (Å²) in [5.74, 6) is 1.43. The van der Waals surface area contributed by atoms with Crippen molar-refractivity contribution in [1.29, 1.82) is 0 Å². The molecule has 0 aliphatic carbocycles. The van der Waals surface area contributed by atoms with Crippen LogP contribution < -0.4 is 0 Å². The molecule has 0 bridgehead atoms. The van der Waals surface area contributed by atoms with Crippen LogP contribution in [0.2, 0.25) is 0 Å². The van der Waals surface area contributed by atoms with E-state index < -0.39 is 0 Å². The second-order valence-electron chi connectivity index (χ2n) is 7.18. The summed E-state index contributed by atoms with van der Waals surface area (Å²) in [7, 11) is 0. The highest BCUT2D eigenvalue weighted by Gasteiger charge is 2.32. The van der Waals surface area contributed by atoms with Gasteiger partial charge in [-0.3, -0.25) is 9.69 Å². The topological polar surface area (TPSA) is 45.9 Å². The minimum Gasteiger partial charge on any atom is -0.468 e. The summed E-state index contributed by atoms with van der Waals surface area (Å²) in [4.78, 5) is 17.4. The Bertz CT molecular complexity index is 693. The molecule has 3 heterocycles. The molecule has 4 rings (SSSR count). The summed E-state index contributed by atoms with van der Waals surface area (Å²) in [6, 6.07) is 14.1. The molecule has 5 nitrogen and oxygen atoms in total. The Morgan fingerprint density at radius 3 is 2.58 bits per heavy atom. The number of carbonyl (C=O) groups excluding carboxylic acids is 1. The average molecular weight is 354 g/mol. The Kier molecular flexibility index (Phi) is 5.37. The van der Waals surface area contributed by atoms with Crippen molar-refractivity contribution in [2.45, 2.75) is 25.5 Å². The minimum absolute atomic E-state index is 0.00654. The Morgan fingerprint density at radius 2 is 1.85 bits per heavy atom. The molecule has 0 N–H and O–H groups in total. The van der Waals surface area contributed by atoms with Crippen molar-refractivity contribution in [3.05, 3.63) is 60.1 Å². The number of rotatable bonds is 4. The van der Waals surface area contributed by atoms with Gasteiger partial charge in [-0.15, -0.1) is 0 Å². The molecule has 1 amide bonds. The molecule has 2 aliphatic heterocycles. The van der Waals surface area contributed by atoms with Gasteiger partial charge in [0, 0.05) is 12.5 Å². The molecule has 2 aliphatic rings. The maximum absolute atomic E-state index is 13.0. The van der Waals surface area contributed by atoms with Crippen LogP contribution in [0, 0.1) is 5.92 Å². The molecule has 0 spiro atoms. The number of amides is 1. The summed E-state index contributed by atoms with van der Waals surface area (Å²) in [6.45, 7) is 4.71. The van der Waals surface area contributed by atoms with Gasteiger partial charge in [0.25, 0.3) is 0 Å². The Balaban J connectivity index is 1.30. The van der Waals surface area contributed by atoms with E-state index in [1.165, 1.54) is 0 Å². The molecule has 0 unspecified atom stereocenters. The van der Waals surface area contributed by atoms with Crippen LogP contribution in [-0.2, 0) is 16.1 Å². The number of benzene rings is 1. The first-order valence-electron chi connectivity index (χ1n) is 9.49. The number of furan rings is 1. The van der Waals surface area contributed by atoms with E-state index in [0.29, 0.717) is 25.6 Å². The van der Waals surface area contributed by atoms with Crippen LogP contribution in [0.5, 0.6) is 0 Å². The highest BCUT2D eigenvalue weighted by atomic mass is 16.5. The summed E-state index contributed by atoms with van der Waals surface area (Å²) in [5.41, 5.74) is 1.15. The first-order valence-corrected chi connectivity index (χ1v) is 9.49. The van der Waals surface area contributed by atoms with Crippen LogP contribution in [0.3, 0.4) is 0 Å². The lowest BCUT2D eigenvalue weighted by atomic mass is 9.94. The monoisotopic (exact) mass is 354 g/mol. The fourth-order valence-corrected chi connectivity index (χ4v) is 3.94. The lowest BCUT2D eigenvalue weighted by Gasteiger charge is -2.37. The van der Waals surface area contributed by atoms with Crippen LogP contribution in [0.1, 0.15) is 30.3 Å². The maximum Gasteiger partial charge on any atom is 0.225 e. The van der Waals surface area contributed by atoms with E-state index in [2.05, 4.69) is 17.0 Å². The summed E-state index contributed by atoms with van der Waals surface area (Å²) >= 11 is 0. The van der Waals surface area contributed by atoms with Gasteiger partial charge in [-0.05, 0) is 43.6 Å². The van der Waals surface area contributed by atoms with Crippen molar-refractivity contribution >= 4 is 5.91 Å². The summed E-state index contributed by atoms with van der Waals surface area (Å²) < 4.78 is 11.3. The molecule has 2 aromatic rings. The number of hydrogen-bond acceptors (Lipinski definition) is 4. The van der Waals surface area contributed by atoms with E-state index in [4.69, 9.17) is 9.15 Å². The van der Waals surface area contributed by atoms with E-state index in [1.54, 1.807) is 6.26 Å². The number of carbonyl (C=O) groups is 1. The van der Waals surface area contributed by atoms with Gasteiger partial charge in [-0.2, -0.15) is 0 Å². The lowest BCUT2D eigenvalue weighted by molar-refractivity contribution is -0.145. The molecule has 0 radical (unpaired) electrons. The van der Waals surface area contributed by atoms with Gasteiger partial charge in [-0.1, -0.05) is 30.3 Å². The average Bonchev–Trinajstić information content (AvgIpc) is 3.22. The fraction of sp³-hybridized carbons (Fsp3) is 0.476. The second kappa shape index (κ2) is 8.06. The molecule has 1 aromatic carbocycles. The van der Waals surface area contributed by atoms with Crippen LogP contribution in [0.4, 0.5) is 0 Å². The number of morpholine rings is 1. The van der Waals surface area contributed by atoms with Crippen LogP contribution in [0.15, 0.2) is 53.1 Å². The minimum atomic E-state index is -0.00654. The zero-order valence-electron chi connectivity index (χ0n) is 15.0. The molecule has 1 aromatic heterocycles. The normalized spacial score (nSPS) is 22.5. The molecular weight excluding hydrogens is 328 g/mol. The van der Waals surface area contributed by atoms with Crippen molar-refractivity contribution in [2.75, 3.05) is 32.8 Å². The zero-order chi connectivity index (χ0) is 17.8. The second-order valence-corrected chi connectivity index (χ2v) is 7.18. The lowest BCUT2D eigenvalue weighted by Crippen LogP contribution is -2.47. The molecule has 5 heteroatoms. The number of likely N-dealkylation sites (tertiary alicyclic amines) is 1. The van der Waals surface area contributed by atoms with Crippen LogP contribution >= 0.6 is 0 Å². The molecule has 0 saturated carbocycles. The number of piperidine rings is 1. The molecular formula is C21H26N2O3. The third kappa shape index (κ3) is 4.00. The molecule has 1 atom stereocenters. The van der Waals surface area contributed by atoms with Gasteiger partial charge in [-0.25, -0.2) is 0 Å². The molecule has 2 saturated heterocycles. The summed E-state index contributed by atoms with van der Waals surface area (Å²) in [5, 5.41) is 0. The quantitative estimate of drug-likeness (QED) is 0.846. The SMILES string of the molecule is O=C(C1CCN(Cc2ccco2)CC1)N1CCO[C@H](c2ccccc2)C1. The van der Waals surface area contributed by atoms with Gasteiger partial charge in [0.2, 0.25) is 5.91 Å².